The molecule has 0 aliphatic heterocycles. The molecule has 0 aromatic rings. The lowest BCUT2D eigenvalue weighted by molar-refractivity contribution is -0.416. The zero-order valence-electron chi connectivity index (χ0n) is 20.2. The second-order valence-corrected chi connectivity index (χ2v) is 13.4. The van der Waals surface area contributed by atoms with Gasteiger partial charge in [-0.25, -0.2) is 22.4 Å². The molecule has 6 atom stereocenters. The predicted molar refractivity (Wildman–Crippen MR) is 126 cm³/mol. The summed E-state index contributed by atoms with van der Waals surface area (Å²) in [6, 6.07) is 0. The van der Waals surface area contributed by atoms with Gasteiger partial charge in [0.15, 0.2) is 0 Å². The van der Waals surface area contributed by atoms with E-state index in [1.807, 2.05) is 0 Å². The summed E-state index contributed by atoms with van der Waals surface area (Å²) >= 11 is -0.235. The van der Waals surface area contributed by atoms with Gasteiger partial charge < -0.3 is 9.47 Å². The number of allylic oxidation sites excluding steroid dienone is 1. The minimum atomic E-state index is -6.74. The summed E-state index contributed by atoms with van der Waals surface area (Å²) in [5, 5.41) is -4.21. The lowest BCUT2D eigenvalue weighted by Crippen LogP contribution is -2.85. The molecule has 0 spiro atoms. The Morgan fingerprint density at radius 1 is 0.950 bits per heavy atom. The van der Waals surface area contributed by atoms with Gasteiger partial charge in [-0.1, -0.05) is 26.0 Å². The fourth-order valence-electron chi connectivity index (χ4n) is 5.64. The molecule has 3 aliphatic rings. The molecule has 0 amide bonds. The van der Waals surface area contributed by atoms with Crippen molar-refractivity contribution >= 4 is 38.7 Å². The highest BCUT2D eigenvalue weighted by molar-refractivity contribution is 14.1. The van der Waals surface area contributed by atoms with Crippen molar-refractivity contribution in [1.82, 2.24) is 0 Å². The second-order valence-electron chi connectivity index (χ2n) is 10.3. The maximum atomic E-state index is 16.1. The van der Waals surface area contributed by atoms with Crippen LogP contribution in [0.25, 0.3) is 0 Å². The molecular formula is C22H23F10IO6S. The third-order valence-corrected chi connectivity index (χ3v) is 10.5. The van der Waals surface area contributed by atoms with Gasteiger partial charge in [0.05, 0.1) is 6.61 Å². The van der Waals surface area contributed by atoms with Crippen LogP contribution in [0.1, 0.15) is 32.1 Å². The Morgan fingerprint density at radius 3 is 1.88 bits per heavy atom. The average Bonchev–Trinajstić information content (AvgIpc) is 3.20. The summed E-state index contributed by atoms with van der Waals surface area (Å²) in [5.74, 6) is -22.8. The Hall–Kier alpha value is -1.15. The molecule has 3 aliphatic carbocycles. The molecular weight excluding hydrogens is 709 g/mol. The summed E-state index contributed by atoms with van der Waals surface area (Å²) in [4.78, 5) is 12.2. The number of carbonyl (C=O) groups is 1. The normalized spacial score (nSPS) is 41.5. The molecule has 3 saturated carbocycles. The maximum Gasteiger partial charge on any atom is 0.380 e. The summed E-state index contributed by atoms with van der Waals surface area (Å²) in [6.45, 7) is 1.65. The Balaban J connectivity index is 2.04. The molecule has 6 nitrogen and oxygen atoms in total. The van der Waals surface area contributed by atoms with Crippen LogP contribution in [0.4, 0.5) is 43.9 Å². The molecule has 0 aromatic carbocycles. The fraction of sp³-hybridized carbons (Fsp3) is 0.773. The van der Waals surface area contributed by atoms with Crippen molar-refractivity contribution in [3.05, 3.63) is 25.3 Å². The SMILES string of the molecule is C=CC1(F)C(F)(F)C(F)(F)C(F)(F)C(F)(I)C1(F)COC1(COC(=O)C(F)(C=C)S(=O)(=O)O)CC2CCC(C2)C1. The number of esters is 1. The van der Waals surface area contributed by atoms with Crippen LogP contribution in [0.15, 0.2) is 25.3 Å². The molecule has 230 valence electrons. The monoisotopic (exact) mass is 732 g/mol. The summed E-state index contributed by atoms with van der Waals surface area (Å²) < 4.78 is 184. The standard InChI is InChI=1S/C22H23F10IO6S/c1-3-16(23,40(35,36)37)14(34)38-10-15(8-12-5-6-13(7-12)9-15)39-11-18(25)17(24,4-2)19(26,27)20(28,29)21(30,31)22(18,32)33/h3-4,12-13H,1-2,5-11H2,(H,35,36,37). The third kappa shape index (κ3) is 4.23. The number of fused-ring (bicyclic) bond motifs is 2. The predicted octanol–water partition coefficient (Wildman–Crippen LogP) is 5.86. The van der Waals surface area contributed by atoms with Crippen molar-refractivity contribution in [3.63, 3.8) is 0 Å². The maximum absolute atomic E-state index is 16.1. The molecule has 40 heavy (non-hydrogen) atoms. The first-order valence-electron chi connectivity index (χ1n) is 11.5. The summed E-state index contributed by atoms with van der Waals surface area (Å²) in [7, 11) is -5.82. The van der Waals surface area contributed by atoms with Gasteiger partial charge in [0, 0.05) is 0 Å². The zero-order valence-corrected chi connectivity index (χ0v) is 23.2. The van der Waals surface area contributed by atoms with E-state index in [4.69, 9.17) is 9.29 Å². The summed E-state index contributed by atoms with van der Waals surface area (Å²) in [5.41, 5.74) is -12.9. The van der Waals surface area contributed by atoms with Crippen molar-refractivity contribution < 1.29 is 71.1 Å². The molecule has 1 N–H and O–H groups in total. The van der Waals surface area contributed by atoms with E-state index >= 15 is 13.2 Å². The van der Waals surface area contributed by atoms with Crippen LogP contribution in [0.3, 0.4) is 0 Å². The topological polar surface area (TPSA) is 89.9 Å². The minimum Gasteiger partial charge on any atom is -0.459 e. The highest BCUT2D eigenvalue weighted by Crippen LogP contribution is 2.71. The van der Waals surface area contributed by atoms with Crippen LogP contribution in [-0.4, -0.2) is 75.5 Å². The first-order chi connectivity index (χ1) is 17.9. The van der Waals surface area contributed by atoms with Crippen LogP contribution in [-0.2, 0) is 24.4 Å². The van der Waals surface area contributed by atoms with E-state index in [1.165, 1.54) is 0 Å². The quantitative estimate of drug-likeness (QED) is 0.0799. The molecule has 18 heteroatoms. The molecule has 0 radical (unpaired) electrons. The van der Waals surface area contributed by atoms with Crippen LogP contribution < -0.4 is 0 Å². The first-order valence-corrected chi connectivity index (χ1v) is 14.0. The van der Waals surface area contributed by atoms with E-state index in [0.29, 0.717) is 19.3 Å². The van der Waals surface area contributed by atoms with E-state index in [-0.39, 0.29) is 53.3 Å². The van der Waals surface area contributed by atoms with Gasteiger partial charge in [0.2, 0.25) is 11.3 Å². The van der Waals surface area contributed by atoms with Crippen LogP contribution >= 0.6 is 22.6 Å². The van der Waals surface area contributed by atoms with E-state index in [9.17, 15) is 43.9 Å². The molecule has 2 bridgehead atoms. The Bertz CT molecular complexity index is 1170. The molecule has 3 rings (SSSR count). The molecule has 0 heterocycles. The van der Waals surface area contributed by atoms with E-state index in [1.54, 1.807) is 0 Å². The fourth-order valence-corrected chi connectivity index (χ4v) is 7.01. The van der Waals surface area contributed by atoms with Crippen molar-refractivity contribution in [2.45, 2.75) is 75.5 Å². The van der Waals surface area contributed by atoms with E-state index < -0.39 is 78.8 Å². The van der Waals surface area contributed by atoms with Gasteiger partial charge in [-0.2, -0.15) is 34.8 Å². The second kappa shape index (κ2) is 9.68. The number of carbonyl (C=O) groups excluding carboxylic acids is 1. The molecule has 0 saturated heterocycles. The van der Waals surface area contributed by atoms with Crippen molar-refractivity contribution in [2.24, 2.45) is 11.8 Å². The number of ether oxygens (including phenoxy) is 2. The number of hydrogen-bond donors (Lipinski definition) is 1. The summed E-state index contributed by atoms with van der Waals surface area (Å²) in [6.07, 6.45) is -0.0801. The van der Waals surface area contributed by atoms with Crippen molar-refractivity contribution in [2.75, 3.05) is 13.2 Å². The molecule has 6 unspecified atom stereocenters. The third-order valence-electron chi connectivity index (χ3n) is 7.93. The largest absolute Gasteiger partial charge is 0.459 e. The van der Waals surface area contributed by atoms with Crippen molar-refractivity contribution in [1.29, 1.82) is 0 Å². The van der Waals surface area contributed by atoms with Gasteiger partial charge in [-0.05, 0) is 65.8 Å². The Labute approximate surface area is 235 Å². The average molecular weight is 732 g/mol. The number of rotatable bonds is 9. The van der Waals surface area contributed by atoms with Gasteiger partial charge in [-0.15, -0.1) is 0 Å². The number of halogens is 11. The van der Waals surface area contributed by atoms with E-state index in [0.717, 1.165) is 0 Å². The minimum absolute atomic E-state index is 0.138. The zero-order chi connectivity index (χ0) is 31.0. The van der Waals surface area contributed by atoms with Crippen LogP contribution in [0, 0.1) is 11.8 Å². The molecule has 0 aromatic heterocycles. The van der Waals surface area contributed by atoms with Gasteiger partial charge >= 0.3 is 38.9 Å². The first kappa shape index (κ1) is 33.4. The number of alkyl halides is 11. The lowest BCUT2D eigenvalue weighted by atomic mass is 9.67. The van der Waals surface area contributed by atoms with E-state index in [2.05, 4.69) is 17.9 Å². The number of hydrogen-bond acceptors (Lipinski definition) is 5. The van der Waals surface area contributed by atoms with Gasteiger partial charge in [0.25, 0.3) is 3.68 Å². The lowest BCUT2D eigenvalue weighted by Gasteiger charge is -2.56. The smallest absolute Gasteiger partial charge is 0.380 e. The van der Waals surface area contributed by atoms with Crippen LogP contribution in [0.5, 0.6) is 0 Å². The highest BCUT2D eigenvalue weighted by atomic mass is 127. The van der Waals surface area contributed by atoms with Crippen molar-refractivity contribution in [3.8, 4) is 0 Å². The molecule has 3 fully saturated rings. The van der Waals surface area contributed by atoms with Gasteiger partial charge in [-0.3, -0.25) is 4.55 Å². The highest BCUT2D eigenvalue weighted by Gasteiger charge is 2.97. The Morgan fingerprint density at radius 2 is 1.45 bits per heavy atom. The Kier molecular flexibility index (Phi) is 8.08. The van der Waals surface area contributed by atoms with Crippen LogP contribution in [0.2, 0.25) is 0 Å². The van der Waals surface area contributed by atoms with Gasteiger partial charge in [0.1, 0.15) is 12.2 Å².